The molecule has 0 radical (unpaired) electrons. The second-order valence-electron chi connectivity index (χ2n) is 6.68. The zero-order valence-electron chi connectivity index (χ0n) is 12.3. The number of rotatable bonds is 1. The van der Waals surface area contributed by atoms with Gasteiger partial charge in [-0.05, 0) is 43.4 Å². The third kappa shape index (κ3) is 1.72. The summed E-state index contributed by atoms with van der Waals surface area (Å²) in [5.41, 5.74) is -1.69. The molecule has 4 rings (SSSR count). The van der Waals surface area contributed by atoms with Crippen molar-refractivity contribution in [1.29, 1.82) is 0 Å². The molecule has 0 spiro atoms. The molecule has 1 aromatic carbocycles. The molecule has 2 fully saturated rings. The molecule has 0 aromatic heterocycles. The molecular formula is C17H14F3NO2. The monoisotopic (exact) mass is 321 g/mol. The number of halogens is 3. The van der Waals surface area contributed by atoms with Gasteiger partial charge in [-0.15, -0.1) is 0 Å². The van der Waals surface area contributed by atoms with Crippen LogP contribution in [0.5, 0.6) is 0 Å². The number of anilines is 1. The standard InChI is InChI=1S/C17H14F3NO2/c1-16-10-6-5-9(7-10)13(16)14(22)21(15(16)23)12-4-2-3-11(8-12)17(18,19)20/h2-6,8-10,13H,7H2,1H3/t9-,10+,13+,16-/m0/s1. The van der Waals surface area contributed by atoms with E-state index in [1.165, 1.54) is 12.1 Å². The topological polar surface area (TPSA) is 37.4 Å². The maximum Gasteiger partial charge on any atom is 0.416 e. The third-order valence-electron chi connectivity index (χ3n) is 5.54. The van der Waals surface area contributed by atoms with Gasteiger partial charge in [-0.25, -0.2) is 4.90 Å². The lowest BCUT2D eigenvalue weighted by Crippen LogP contribution is -2.37. The Hall–Kier alpha value is -2.11. The first kappa shape index (κ1) is 14.5. The van der Waals surface area contributed by atoms with E-state index in [9.17, 15) is 22.8 Å². The number of carbonyl (C=O) groups is 2. The van der Waals surface area contributed by atoms with Crippen LogP contribution in [0, 0.1) is 23.2 Å². The molecule has 2 aliphatic carbocycles. The zero-order chi connectivity index (χ0) is 16.6. The molecule has 6 heteroatoms. The second-order valence-corrected chi connectivity index (χ2v) is 6.68. The van der Waals surface area contributed by atoms with Crippen LogP contribution >= 0.6 is 0 Å². The summed E-state index contributed by atoms with van der Waals surface area (Å²) < 4.78 is 38.7. The van der Waals surface area contributed by atoms with E-state index in [1.807, 2.05) is 12.2 Å². The molecule has 1 aliphatic heterocycles. The van der Waals surface area contributed by atoms with Crippen LogP contribution in [-0.2, 0) is 15.8 Å². The summed E-state index contributed by atoms with van der Waals surface area (Å²) >= 11 is 0. The van der Waals surface area contributed by atoms with Crippen molar-refractivity contribution >= 4 is 17.5 Å². The molecule has 0 unspecified atom stereocenters. The van der Waals surface area contributed by atoms with Crippen LogP contribution in [0.15, 0.2) is 36.4 Å². The van der Waals surface area contributed by atoms with Crippen molar-refractivity contribution in [3.05, 3.63) is 42.0 Å². The first-order valence-electron chi connectivity index (χ1n) is 7.48. The van der Waals surface area contributed by atoms with Gasteiger partial charge in [0.25, 0.3) is 0 Å². The quantitative estimate of drug-likeness (QED) is 0.587. The van der Waals surface area contributed by atoms with E-state index >= 15 is 0 Å². The smallest absolute Gasteiger partial charge is 0.274 e. The van der Waals surface area contributed by atoms with Crippen molar-refractivity contribution in [2.75, 3.05) is 4.90 Å². The molecule has 0 N–H and O–H groups in total. The van der Waals surface area contributed by atoms with E-state index < -0.39 is 23.1 Å². The summed E-state index contributed by atoms with van der Waals surface area (Å²) in [5.74, 6) is -1.22. The maximum absolute atomic E-state index is 12.9. The average Bonchev–Trinajstić information content (AvgIpc) is 3.11. The fourth-order valence-corrected chi connectivity index (χ4v) is 4.37. The van der Waals surface area contributed by atoms with Gasteiger partial charge in [-0.2, -0.15) is 13.2 Å². The highest BCUT2D eigenvalue weighted by molar-refractivity contribution is 6.24. The van der Waals surface area contributed by atoms with Gasteiger partial charge in [0.15, 0.2) is 0 Å². The summed E-state index contributed by atoms with van der Waals surface area (Å²) in [7, 11) is 0. The SMILES string of the molecule is C[C@@]12C(=O)N(c3cccc(C(F)(F)F)c3)C(=O)[C@H]1[C@H]1C=C[C@@H]2C1. The molecule has 3 nitrogen and oxygen atoms in total. The number of allylic oxidation sites excluding steroid dienone is 2. The molecule has 23 heavy (non-hydrogen) atoms. The van der Waals surface area contributed by atoms with Crippen molar-refractivity contribution in [3.63, 3.8) is 0 Å². The van der Waals surface area contributed by atoms with Crippen LogP contribution in [0.1, 0.15) is 18.9 Å². The number of alkyl halides is 3. The van der Waals surface area contributed by atoms with Crippen LogP contribution in [0.2, 0.25) is 0 Å². The van der Waals surface area contributed by atoms with Gasteiger partial charge in [0.05, 0.1) is 22.6 Å². The minimum absolute atomic E-state index is 0.00449. The second kappa shape index (κ2) is 4.24. The van der Waals surface area contributed by atoms with E-state index in [2.05, 4.69) is 0 Å². The summed E-state index contributed by atoms with van der Waals surface area (Å²) in [5, 5.41) is 0. The predicted octanol–water partition coefficient (Wildman–Crippen LogP) is 3.41. The number of carbonyl (C=O) groups excluding carboxylic acids is 2. The van der Waals surface area contributed by atoms with Crippen molar-refractivity contribution in [2.24, 2.45) is 23.2 Å². The predicted molar refractivity (Wildman–Crippen MR) is 76.3 cm³/mol. The first-order valence-corrected chi connectivity index (χ1v) is 7.48. The van der Waals surface area contributed by atoms with E-state index in [1.54, 1.807) is 6.92 Å². The molecule has 120 valence electrons. The number of amides is 2. The molecule has 1 aromatic rings. The number of benzene rings is 1. The fraction of sp³-hybridized carbons (Fsp3) is 0.412. The minimum atomic E-state index is -4.51. The number of imide groups is 1. The van der Waals surface area contributed by atoms with Crippen molar-refractivity contribution in [2.45, 2.75) is 19.5 Å². The Labute approximate surface area is 130 Å². The van der Waals surface area contributed by atoms with E-state index in [-0.39, 0.29) is 29.3 Å². The Kier molecular flexibility index (Phi) is 2.67. The van der Waals surface area contributed by atoms with Gasteiger partial charge in [-0.1, -0.05) is 18.2 Å². The van der Waals surface area contributed by atoms with Crippen molar-refractivity contribution in [3.8, 4) is 0 Å². The lowest BCUT2D eigenvalue weighted by molar-refractivity contribution is -0.137. The molecular weight excluding hydrogens is 307 g/mol. The average molecular weight is 321 g/mol. The van der Waals surface area contributed by atoms with Crippen LogP contribution in [0.3, 0.4) is 0 Å². The number of hydrogen-bond donors (Lipinski definition) is 0. The van der Waals surface area contributed by atoms with Gasteiger partial charge < -0.3 is 0 Å². The largest absolute Gasteiger partial charge is 0.416 e. The summed E-state index contributed by atoms with van der Waals surface area (Å²) in [6, 6.07) is 4.41. The highest BCUT2D eigenvalue weighted by atomic mass is 19.4. The van der Waals surface area contributed by atoms with Crippen molar-refractivity contribution < 1.29 is 22.8 Å². The summed E-state index contributed by atoms with van der Waals surface area (Å²) in [4.78, 5) is 26.6. The van der Waals surface area contributed by atoms with Gasteiger partial charge in [-0.3, -0.25) is 9.59 Å². The molecule has 1 saturated carbocycles. The van der Waals surface area contributed by atoms with Gasteiger partial charge >= 0.3 is 6.18 Å². The normalized spacial score (nSPS) is 35.3. The molecule has 3 aliphatic rings. The summed E-state index contributed by atoms with van der Waals surface area (Å²) in [6.07, 6.45) is 0.178. The van der Waals surface area contributed by atoms with Crippen LogP contribution in [0.25, 0.3) is 0 Å². The number of fused-ring (bicyclic) bond motifs is 5. The lowest BCUT2D eigenvalue weighted by atomic mass is 9.71. The minimum Gasteiger partial charge on any atom is -0.274 e. The van der Waals surface area contributed by atoms with Crippen LogP contribution in [0.4, 0.5) is 18.9 Å². The fourth-order valence-electron chi connectivity index (χ4n) is 4.37. The van der Waals surface area contributed by atoms with Gasteiger partial charge in [0, 0.05) is 0 Å². The summed E-state index contributed by atoms with van der Waals surface area (Å²) in [6.45, 7) is 1.76. The molecule has 4 atom stereocenters. The molecule has 1 saturated heterocycles. The van der Waals surface area contributed by atoms with E-state index in [0.29, 0.717) is 0 Å². The highest BCUT2D eigenvalue weighted by Crippen LogP contribution is 2.60. The Balaban J connectivity index is 1.78. The van der Waals surface area contributed by atoms with Gasteiger partial charge in [0.2, 0.25) is 11.8 Å². The molecule has 1 heterocycles. The Morgan fingerprint density at radius 2 is 1.96 bits per heavy atom. The molecule has 2 bridgehead atoms. The van der Waals surface area contributed by atoms with E-state index in [0.717, 1.165) is 23.5 Å². The highest BCUT2D eigenvalue weighted by Gasteiger charge is 2.67. The van der Waals surface area contributed by atoms with Gasteiger partial charge in [0.1, 0.15) is 0 Å². The van der Waals surface area contributed by atoms with Crippen LogP contribution < -0.4 is 4.90 Å². The molecule has 2 amide bonds. The third-order valence-corrected chi connectivity index (χ3v) is 5.54. The number of nitrogens with zero attached hydrogens (tertiary/aromatic N) is 1. The Morgan fingerprint density at radius 3 is 2.61 bits per heavy atom. The Bertz CT molecular complexity index is 754. The van der Waals surface area contributed by atoms with E-state index in [4.69, 9.17) is 0 Å². The maximum atomic E-state index is 12.9. The zero-order valence-corrected chi connectivity index (χ0v) is 12.3. The lowest BCUT2D eigenvalue weighted by Gasteiger charge is -2.28. The van der Waals surface area contributed by atoms with Crippen LogP contribution in [-0.4, -0.2) is 11.8 Å². The first-order chi connectivity index (χ1) is 10.7. The van der Waals surface area contributed by atoms with Crippen molar-refractivity contribution in [1.82, 2.24) is 0 Å². The number of hydrogen-bond acceptors (Lipinski definition) is 2. The Morgan fingerprint density at radius 1 is 1.22 bits per heavy atom.